The quantitative estimate of drug-likeness (QED) is 0.237. The van der Waals surface area contributed by atoms with E-state index >= 15 is 0 Å². The van der Waals surface area contributed by atoms with E-state index in [1.54, 1.807) is 0 Å². The lowest BCUT2D eigenvalue weighted by Crippen LogP contribution is -2.25. The Morgan fingerprint density at radius 1 is 0.938 bits per heavy atom. The number of rotatable bonds is 14. The number of benzene rings is 2. The number of unbranched alkanes of at least 4 members (excludes halogenated alkanes) is 7. The van der Waals surface area contributed by atoms with Gasteiger partial charge in [0, 0.05) is 29.5 Å². The van der Waals surface area contributed by atoms with Crippen molar-refractivity contribution in [3.05, 3.63) is 64.4 Å². The molecule has 0 atom stereocenters. The number of imidazole rings is 1. The van der Waals surface area contributed by atoms with Crippen LogP contribution in [0, 0.1) is 0 Å². The van der Waals surface area contributed by atoms with Crippen LogP contribution in [0.15, 0.2) is 53.0 Å². The molecule has 3 aromatic rings. The van der Waals surface area contributed by atoms with Crippen LogP contribution in [0.3, 0.4) is 0 Å². The highest BCUT2D eigenvalue weighted by molar-refractivity contribution is 9.10. The summed E-state index contributed by atoms with van der Waals surface area (Å²) in [5, 5.41) is 3.03. The second-order valence-corrected chi connectivity index (χ2v) is 9.43. The monoisotopic (exact) mass is 497 g/mol. The van der Waals surface area contributed by atoms with E-state index in [-0.39, 0.29) is 5.91 Å². The first-order valence-electron chi connectivity index (χ1n) is 12.2. The molecule has 1 heterocycles. The Labute approximate surface area is 200 Å². The molecule has 2 aromatic carbocycles. The van der Waals surface area contributed by atoms with Crippen LogP contribution >= 0.6 is 15.9 Å². The van der Waals surface area contributed by atoms with Crippen molar-refractivity contribution in [1.29, 1.82) is 0 Å². The minimum Gasteiger partial charge on any atom is -0.352 e. The molecule has 1 aromatic heterocycles. The summed E-state index contributed by atoms with van der Waals surface area (Å²) in [6, 6.07) is 15.9. The van der Waals surface area contributed by atoms with Crippen LogP contribution < -0.4 is 5.32 Å². The summed E-state index contributed by atoms with van der Waals surface area (Å²) >= 11 is 3.42. The van der Waals surface area contributed by atoms with Crippen LogP contribution in [0.5, 0.6) is 0 Å². The van der Waals surface area contributed by atoms with Crippen LogP contribution in [0.4, 0.5) is 0 Å². The summed E-state index contributed by atoms with van der Waals surface area (Å²) in [5.41, 5.74) is 2.98. The van der Waals surface area contributed by atoms with Gasteiger partial charge in [0.1, 0.15) is 5.82 Å². The van der Waals surface area contributed by atoms with E-state index in [1.165, 1.54) is 56.9 Å². The maximum atomic E-state index is 12.3. The average molecular weight is 499 g/mol. The lowest BCUT2D eigenvalue weighted by Gasteiger charge is -2.10. The van der Waals surface area contributed by atoms with E-state index in [0.717, 1.165) is 35.2 Å². The van der Waals surface area contributed by atoms with Gasteiger partial charge in [-0.2, -0.15) is 0 Å². The van der Waals surface area contributed by atoms with E-state index in [0.29, 0.717) is 12.1 Å². The van der Waals surface area contributed by atoms with Gasteiger partial charge in [0.2, 0.25) is 0 Å². The molecule has 0 aliphatic heterocycles. The molecule has 1 amide bonds. The lowest BCUT2D eigenvalue weighted by molar-refractivity contribution is 0.0953. The molecule has 0 radical (unpaired) electrons. The minimum atomic E-state index is -0.0289. The minimum absolute atomic E-state index is 0.0289. The number of aryl methyl sites for hydroxylation is 2. The van der Waals surface area contributed by atoms with Crippen LogP contribution in [0.2, 0.25) is 0 Å². The standard InChI is InChI=1S/C27H36BrN3O/c1-2-3-4-5-6-7-8-11-20-31-25-17-10-9-16-24(25)30-26(31)18-13-19-29-27(32)22-14-12-15-23(28)21-22/h9-10,12,14-17,21H,2-8,11,13,18-20H2,1H3,(H,29,32). The fourth-order valence-corrected chi connectivity index (χ4v) is 4.55. The van der Waals surface area contributed by atoms with Crippen molar-refractivity contribution in [3.63, 3.8) is 0 Å². The van der Waals surface area contributed by atoms with Gasteiger partial charge in [-0.1, -0.05) is 86.0 Å². The number of carbonyl (C=O) groups is 1. The molecule has 0 aliphatic carbocycles. The Kier molecular flexibility index (Phi) is 10.3. The molecule has 0 aliphatic rings. The summed E-state index contributed by atoms with van der Waals surface area (Å²) in [7, 11) is 0. The van der Waals surface area contributed by atoms with Gasteiger partial charge < -0.3 is 9.88 Å². The first-order valence-corrected chi connectivity index (χ1v) is 13.0. The fraction of sp³-hybridized carbons (Fsp3) is 0.481. The molecule has 0 fully saturated rings. The van der Waals surface area contributed by atoms with E-state index in [1.807, 2.05) is 24.3 Å². The number of para-hydroxylation sites is 2. The predicted octanol–water partition coefficient (Wildman–Crippen LogP) is 7.30. The number of halogens is 1. The lowest BCUT2D eigenvalue weighted by atomic mass is 10.1. The molecule has 0 saturated carbocycles. The SMILES string of the molecule is CCCCCCCCCCn1c(CCCNC(=O)c2cccc(Br)c2)nc2ccccc21. The Hall–Kier alpha value is -2.14. The van der Waals surface area contributed by atoms with Gasteiger partial charge in [0.15, 0.2) is 0 Å². The first kappa shape index (κ1) is 24.5. The van der Waals surface area contributed by atoms with Gasteiger partial charge in [-0.25, -0.2) is 4.98 Å². The van der Waals surface area contributed by atoms with Crippen LogP contribution in [-0.4, -0.2) is 22.0 Å². The molecule has 0 saturated heterocycles. The third-order valence-corrected chi connectivity index (χ3v) is 6.41. The molecule has 172 valence electrons. The summed E-state index contributed by atoms with van der Waals surface area (Å²) in [4.78, 5) is 17.2. The maximum Gasteiger partial charge on any atom is 0.251 e. The smallest absolute Gasteiger partial charge is 0.251 e. The zero-order chi connectivity index (χ0) is 22.6. The highest BCUT2D eigenvalue weighted by Gasteiger charge is 2.11. The van der Waals surface area contributed by atoms with E-state index in [4.69, 9.17) is 4.98 Å². The van der Waals surface area contributed by atoms with Gasteiger partial charge in [-0.05, 0) is 43.2 Å². The number of nitrogens with one attached hydrogen (secondary N) is 1. The highest BCUT2D eigenvalue weighted by atomic mass is 79.9. The molecule has 32 heavy (non-hydrogen) atoms. The average Bonchev–Trinajstić information content (AvgIpc) is 3.15. The molecule has 0 bridgehead atoms. The molecular weight excluding hydrogens is 462 g/mol. The maximum absolute atomic E-state index is 12.3. The molecule has 1 N–H and O–H groups in total. The fourth-order valence-electron chi connectivity index (χ4n) is 4.15. The van der Waals surface area contributed by atoms with E-state index < -0.39 is 0 Å². The molecular formula is C27H36BrN3O. The number of aromatic nitrogens is 2. The summed E-state index contributed by atoms with van der Waals surface area (Å²) in [5.74, 6) is 1.10. The van der Waals surface area contributed by atoms with Crippen LogP contribution in [0.1, 0.15) is 80.9 Å². The third kappa shape index (κ3) is 7.47. The second-order valence-electron chi connectivity index (χ2n) is 8.51. The van der Waals surface area contributed by atoms with Crippen molar-refractivity contribution in [2.24, 2.45) is 0 Å². The van der Waals surface area contributed by atoms with Crippen molar-refractivity contribution in [2.75, 3.05) is 6.54 Å². The Morgan fingerprint density at radius 3 is 2.47 bits per heavy atom. The van der Waals surface area contributed by atoms with Crippen LogP contribution in [-0.2, 0) is 13.0 Å². The molecule has 3 rings (SSSR count). The van der Waals surface area contributed by atoms with Crippen molar-refractivity contribution in [2.45, 2.75) is 77.7 Å². The molecule has 0 unspecified atom stereocenters. The Balaban J connectivity index is 1.48. The van der Waals surface area contributed by atoms with Gasteiger partial charge in [0.05, 0.1) is 11.0 Å². The third-order valence-electron chi connectivity index (χ3n) is 5.92. The number of nitrogens with zero attached hydrogens (tertiary/aromatic N) is 2. The van der Waals surface area contributed by atoms with E-state index in [2.05, 4.69) is 57.0 Å². The number of hydrogen-bond acceptors (Lipinski definition) is 2. The van der Waals surface area contributed by atoms with E-state index in [9.17, 15) is 4.79 Å². The summed E-state index contributed by atoms with van der Waals surface area (Å²) in [6.07, 6.45) is 12.3. The molecule has 0 spiro atoms. The summed E-state index contributed by atoms with van der Waals surface area (Å²) < 4.78 is 3.31. The van der Waals surface area contributed by atoms with Crippen molar-refractivity contribution < 1.29 is 4.79 Å². The first-order chi connectivity index (χ1) is 15.7. The zero-order valence-electron chi connectivity index (χ0n) is 19.3. The zero-order valence-corrected chi connectivity index (χ0v) is 20.9. The van der Waals surface area contributed by atoms with Gasteiger partial charge in [-0.15, -0.1) is 0 Å². The number of fused-ring (bicyclic) bond motifs is 1. The van der Waals surface area contributed by atoms with Crippen molar-refractivity contribution >= 4 is 32.9 Å². The molecule has 5 heteroatoms. The number of amides is 1. The Bertz CT molecular complexity index is 982. The largest absolute Gasteiger partial charge is 0.352 e. The van der Waals surface area contributed by atoms with Crippen molar-refractivity contribution in [1.82, 2.24) is 14.9 Å². The number of carbonyl (C=O) groups excluding carboxylic acids is 1. The molecule has 4 nitrogen and oxygen atoms in total. The second kappa shape index (κ2) is 13.4. The normalized spacial score (nSPS) is 11.2. The predicted molar refractivity (Wildman–Crippen MR) is 137 cm³/mol. The van der Waals surface area contributed by atoms with Crippen LogP contribution in [0.25, 0.3) is 11.0 Å². The summed E-state index contributed by atoms with van der Waals surface area (Å²) in [6.45, 7) is 3.94. The topological polar surface area (TPSA) is 46.9 Å². The Morgan fingerprint density at radius 2 is 1.69 bits per heavy atom. The van der Waals surface area contributed by atoms with Gasteiger partial charge >= 0.3 is 0 Å². The van der Waals surface area contributed by atoms with Gasteiger partial charge in [-0.3, -0.25) is 4.79 Å². The number of hydrogen-bond donors (Lipinski definition) is 1. The van der Waals surface area contributed by atoms with Gasteiger partial charge in [0.25, 0.3) is 5.91 Å². The highest BCUT2D eigenvalue weighted by Crippen LogP contribution is 2.19. The van der Waals surface area contributed by atoms with Crippen molar-refractivity contribution in [3.8, 4) is 0 Å².